The molecule has 0 radical (unpaired) electrons. The Hall–Kier alpha value is -2.66. The van der Waals surface area contributed by atoms with Crippen molar-refractivity contribution in [1.29, 1.82) is 0 Å². The van der Waals surface area contributed by atoms with Gasteiger partial charge in [0, 0.05) is 25.3 Å². The van der Waals surface area contributed by atoms with Crippen molar-refractivity contribution in [1.82, 2.24) is 10.2 Å². The molecule has 2 saturated heterocycles. The Morgan fingerprint density at radius 1 is 0.926 bits per heavy atom. The standard InChI is InChI=1S/C22H25N3O2/c1-16-7-3-5-9-18(16)15-24-13-11-22(12-14-24)20(26)23-21(27)25(22)19-10-6-4-8-17(19)2/h3-10H,11-15H2,1-2H3,(H,23,26,27). The lowest BCUT2D eigenvalue weighted by molar-refractivity contribution is -0.124. The van der Waals surface area contributed by atoms with Crippen LogP contribution in [0.1, 0.15) is 29.5 Å². The number of hydrogen-bond donors (Lipinski definition) is 1. The summed E-state index contributed by atoms with van der Waals surface area (Å²) in [5.41, 5.74) is 3.66. The monoisotopic (exact) mass is 363 g/mol. The number of hydrogen-bond acceptors (Lipinski definition) is 3. The van der Waals surface area contributed by atoms with E-state index >= 15 is 0 Å². The summed E-state index contributed by atoms with van der Waals surface area (Å²) in [6.07, 6.45) is 1.29. The quantitative estimate of drug-likeness (QED) is 0.851. The first-order valence-corrected chi connectivity index (χ1v) is 9.49. The molecule has 5 heteroatoms. The van der Waals surface area contributed by atoms with Crippen LogP contribution in [0.3, 0.4) is 0 Å². The maximum Gasteiger partial charge on any atom is 0.329 e. The van der Waals surface area contributed by atoms with Crippen LogP contribution in [-0.2, 0) is 11.3 Å². The van der Waals surface area contributed by atoms with E-state index < -0.39 is 5.54 Å². The zero-order chi connectivity index (χ0) is 19.0. The highest BCUT2D eigenvalue weighted by atomic mass is 16.2. The minimum absolute atomic E-state index is 0.161. The molecule has 2 heterocycles. The zero-order valence-electron chi connectivity index (χ0n) is 15.9. The third kappa shape index (κ3) is 3.02. The van der Waals surface area contributed by atoms with Crippen LogP contribution in [-0.4, -0.2) is 35.5 Å². The molecule has 2 aliphatic rings. The molecule has 0 bridgehead atoms. The summed E-state index contributed by atoms with van der Waals surface area (Å²) in [5.74, 6) is -0.161. The number of imide groups is 1. The van der Waals surface area contributed by atoms with E-state index in [0.29, 0.717) is 12.8 Å². The largest absolute Gasteiger partial charge is 0.329 e. The highest BCUT2D eigenvalue weighted by molar-refractivity contribution is 6.17. The van der Waals surface area contributed by atoms with Crippen LogP contribution in [0.15, 0.2) is 48.5 Å². The summed E-state index contributed by atoms with van der Waals surface area (Å²) in [7, 11) is 0. The smallest absolute Gasteiger partial charge is 0.299 e. The molecule has 0 aliphatic carbocycles. The second kappa shape index (κ2) is 6.82. The third-order valence-electron chi connectivity index (χ3n) is 5.97. The van der Waals surface area contributed by atoms with E-state index in [-0.39, 0.29) is 11.9 Å². The topological polar surface area (TPSA) is 52.7 Å². The molecule has 3 amide bonds. The van der Waals surface area contributed by atoms with Gasteiger partial charge in [0.15, 0.2) is 0 Å². The van der Waals surface area contributed by atoms with Crippen LogP contribution in [0, 0.1) is 13.8 Å². The van der Waals surface area contributed by atoms with Gasteiger partial charge in [-0.1, -0.05) is 42.5 Å². The number of aryl methyl sites for hydroxylation is 2. The number of piperidine rings is 1. The van der Waals surface area contributed by atoms with E-state index in [1.165, 1.54) is 11.1 Å². The summed E-state index contributed by atoms with van der Waals surface area (Å²) in [6.45, 7) is 6.56. The molecule has 1 spiro atoms. The highest BCUT2D eigenvalue weighted by Gasteiger charge is 2.54. The predicted octanol–water partition coefficient (Wildman–Crippen LogP) is 3.39. The molecule has 2 aliphatic heterocycles. The van der Waals surface area contributed by atoms with Crippen LogP contribution >= 0.6 is 0 Å². The maximum atomic E-state index is 12.8. The Labute approximate surface area is 160 Å². The average molecular weight is 363 g/mol. The van der Waals surface area contributed by atoms with E-state index in [4.69, 9.17) is 0 Å². The van der Waals surface area contributed by atoms with Gasteiger partial charge in [0.25, 0.3) is 5.91 Å². The first-order valence-electron chi connectivity index (χ1n) is 9.49. The van der Waals surface area contributed by atoms with Crippen LogP contribution < -0.4 is 10.2 Å². The van der Waals surface area contributed by atoms with Crippen LogP contribution in [0.2, 0.25) is 0 Å². The van der Waals surface area contributed by atoms with Crippen molar-refractivity contribution in [2.24, 2.45) is 0 Å². The van der Waals surface area contributed by atoms with E-state index in [1.54, 1.807) is 4.90 Å². The fourth-order valence-electron chi connectivity index (χ4n) is 4.28. The number of nitrogens with zero attached hydrogens (tertiary/aromatic N) is 2. The molecule has 2 aromatic carbocycles. The Bertz CT molecular complexity index is 885. The van der Waals surface area contributed by atoms with E-state index in [1.807, 2.05) is 31.2 Å². The second-order valence-corrected chi connectivity index (χ2v) is 7.62. The fourth-order valence-corrected chi connectivity index (χ4v) is 4.28. The molecule has 140 valence electrons. The number of para-hydroxylation sites is 1. The first-order chi connectivity index (χ1) is 13.0. The number of nitrogens with one attached hydrogen (secondary N) is 1. The number of anilines is 1. The molecule has 0 aromatic heterocycles. The van der Waals surface area contributed by atoms with Crippen molar-refractivity contribution in [2.75, 3.05) is 18.0 Å². The fraction of sp³-hybridized carbons (Fsp3) is 0.364. The van der Waals surface area contributed by atoms with E-state index in [2.05, 4.69) is 41.4 Å². The molecule has 0 unspecified atom stereocenters. The molecule has 0 saturated carbocycles. The summed E-state index contributed by atoms with van der Waals surface area (Å²) < 4.78 is 0. The van der Waals surface area contributed by atoms with Crippen molar-refractivity contribution >= 4 is 17.6 Å². The first kappa shape index (κ1) is 17.7. The Morgan fingerprint density at radius 2 is 1.56 bits per heavy atom. The lowest BCUT2D eigenvalue weighted by atomic mass is 9.85. The lowest BCUT2D eigenvalue weighted by Crippen LogP contribution is -2.56. The van der Waals surface area contributed by atoms with Gasteiger partial charge in [-0.05, 0) is 49.4 Å². The summed E-state index contributed by atoms with van der Waals surface area (Å²) >= 11 is 0. The number of carbonyl (C=O) groups is 2. The minimum Gasteiger partial charge on any atom is -0.299 e. The SMILES string of the molecule is Cc1ccccc1CN1CCC2(CC1)C(=O)NC(=O)N2c1ccccc1C. The van der Waals surface area contributed by atoms with Gasteiger partial charge in [-0.25, -0.2) is 4.79 Å². The number of urea groups is 1. The molecule has 5 nitrogen and oxygen atoms in total. The third-order valence-corrected chi connectivity index (χ3v) is 5.97. The lowest BCUT2D eigenvalue weighted by Gasteiger charge is -2.42. The van der Waals surface area contributed by atoms with Gasteiger partial charge in [-0.3, -0.25) is 19.9 Å². The molecule has 4 rings (SSSR count). The van der Waals surface area contributed by atoms with Gasteiger partial charge in [0.2, 0.25) is 0 Å². The summed E-state index contributed by atoms with van der Waals surface area (Å²) in [4.78, 5) is 29.5. The number of rotatable bonds is 3. The normalized spacial score (nSPS) is 19.6. The second-order valence-electron chi connectivity index (χ2n) is 7.62. The van der Waals surface area contributed by atoms with Crippen LogP contribution in [0.4, 0.5) is 10.5 Å². The summed E-state index contributed by atoms with van der Waals surface area (Å²) in [5, 5.41) is 2.56. The van der Waals surface area contributed by atoms with Crippen molar-refractivity contribution in [3.63, 3.8) is 0 Å². The van der Waals surface area contributed by atoms with Crippen molar-refractivity contribution in [2.45, 2.75) is 38.8 Å². The average Bonchev–Trinajstić information content (AvgIpc) is 2.89. The molecule has 2 aromatic rings. The van der Waals surface area contributed by atoms with Gasteiger partial charge in [-0.15, -0.1) is 0 Å². The van der Waals surface area contributed by atoms with Gasteiger partial charge < -0.3 is 0 Å². The maximum absolute atomic E-state index is 12.8. The molecule has 1 N–H and O–H groups in total. The van der Waals surface area contributed by atoms with E-state index in [9.17, 15) is 9.59 Å². The van der Waals surface area contributed by atoms with Gasteiger partial charge >= 0.3 is 6.03 Å². The number of carbonyl (C=O) groups excluding carboxylic acids is 2. The molecule has 0 atom stereocenters. The molecule has 2 fully saturated rings. The van der Waals surface area contributed by atoms with E-state index in [0.717, 1.165) is 30.9 Å². The van der Waals surface area contributed by atoms with Gasteiger partial charge in [0.1, 0.15) is 5.54 Å². The van der Waals surface area contributed by atoms with Crippen molar-refractivity contribution in [3.05, 3.63) is 65.2 Å². The number of likely N-dealkylation sites (tertiary alicyclic amines) is 1. The highest BCUT2D eigenvalue weighted by Crippen LogP contribution is 2.38. The zero-order valence-corrected chi connectivity index (χ0v) is 15.9. The molecular weight excluding hydrogens is 338 g/mol. The van der Waals surface area contributed by atoms with Gasteiger partial charge in [0.05, 0.1) is 0 Å². The number of benzene rings is 2. The minimum atomic E-state index is -0.772. The van der Waals surface area contributed by atoms with Crippen molar-refractivity contribution in [3.8, 4) is 0 Å². The van der Waals surface area contributed by atoms with Crippen LogP contribution in [0.5, 0.6) is 0 Å². The van der Waals surface area contributed by atoms with Crippen LogP contribution in [0.25, 0.3) is 0 Å². The van der Waals surface area contributed by atoms with Gasteiger partial charge in [-0.2, -0.15) is 0 Å². The Balaban J connectivity index is 1.56. The Morgan fingerprint density at radius 3 is 2.22 bits per heavy atom. The van der Waals surface area contributed by atoms with Crippen molar-refractivity contribution < 1.29 is 9.59 Å². The molecular formula is C22H25N3O2. The summed E-state index contributed by atoms with van der Waals surface area (Å²) in [6, 6.07) is 15.9. The Kier molecular flexibility index (Phi) is 4.48. The predicted molar refractivity (Wildman–Crippen MR) is 106 cm³/mol. The number of amides is 3. The molecule has 27 heavy (non-hydrogen) atoms.